The van der Waals surface area contributed by atoms with Crippen molar-refractivity contribution in [1.82, 2.24) is 4.90 Å². The van der Waals surface area contributed by atoms with Gasteiger partial charge in [-0.3, -0.25) is 19.7 Å². The highest BCUT2D eigenvalue weighted by molar-refractivity contribution is 5.82. The zero-order chi connectivity index (χ0) is 17.7. The summed E-state index contributed by atoms with van der Waals surface area (Å²) in [6, 6.07) is 6.20. The number of carbonyl (C=O) groups excluding carboxylic acids is 1. The van der Waals surface area contributed by atoms with E-state index in [1.165, 1.54) is 15.9 Å². The number of amides is 1. The Morgan fingerprint density at radius 1 is 1.46 bits per heavy atom. The van der Waals surface area contributed by atoms with Crippen LogP contribution in [-0.4, -0.2) is 66.2 Å². The average molecular weight is 337 g/mol. The second-order valence-electron chi connectivity index (χ2n) is 5.53. The first-order chi connectivity index (χ1) is 11.4. The molecule has 1 saturated heterocycles. The molecule has 1 fully saturated rings. The molecule has 0 spiro atoms. The van der Waals surface area contributed by atoms with Gasteiger partial charge < -0.3 is 19.6 Å². The summed E-state index contributed by atoms with van der Waals surface area (Å²) in [5, 5.41) is 19.9. The van der Waals surface area contributed by atoms with Crippen molar-refractivity contribution in [2.75, 3.05) is 38.2 Å². The van der Waals surface area contributed by atoms with Gasteiger partial charge in [0.1, 0.15) is 5.69 Å². The van der Waals surface area contributed by atoms with E-state index in [-0.39, 0.29) is 37.7 Å². The van der Waals surface area contributed by atoms with Crippen LogP contribution in [0, 0.1) is 10.1 Å². The molecule has 1 amide bonds. The summed E-state index contributed by atoms with van der Waals surface area (Å²) in [7, 11) is 1.61. The number of nitro groups is 1. The first kappa shape index (κ1) is 17.7. The van der Waals surface area contributed by atoms with Gasteiger partial charge in [-0.2, -0.15) is 0 Å². The quantitative estimate of drug-likeness (QED) is 0.601. The number of carboxylic acids is 1. The maximum absolute atomic E-state index is 12.4. The molecule has 2 rings (SSSR count). The van der Waals surface area contributed by atoms with E-state index in [0.29, 0.717) is 12.2 Å². The Balaban J connectivity index is 2.01. The van der Waals surface area contributed by atoms with E-state index in [9.17, 15) is 19.7 Å². The minimum Gasteiger partial charge on any atom is -0.481 e. The van der Waals surface area contributed by atoms with Gasteiger partial charge in [0.2, 0.25) is 5.91 Å². The lowest BCUT2D eigenvalue weighted by Gasteiger charge is -2.33. The number of hydrogen-bond acceptors (Lipinski definition) is 6. The Hall–Kier alpha value is -2.68. The summed E-state index contributed by atoms with van der Waals surface area (Å²) < 4.78 is 5.33. The molecule has 1 aliphatic heterocycles. The Labute approximate surface area is 138 Å². The van der Waals surface area contributed by atoms with Gasteiger partial charge in [0.25, 0.3) is 5.69 Å². The molecule has 130 valence electrons. The van der Waals surface area contributed by atoms with E-state index in [4.69, 9.17) is 9.84 Å². The summed E-state index contributed by atoms with van der Waals surface area (Å²) in [6.07, 6.45) is -0.694. The molecule has 0 aliphatic carbocycles. The fourth-order valence-electron chi connectivity index (χ4n) is 2.59. The first-order valence-electron chi connectivity index (χ1n) is 7.44. The average Bonchev–Trinajstić information content (AvgIpc) is 2.54. The van der Waals surface area contributed by atoms with Gasteiger partial charge in [-0.05, 0) is 6.07 Å². The Morgan fingerprint density at radius 2 is 2.17 bits per heavy atom. The van der Waals surface area contributed by atoms with Crippen LogP contribution in [0.25, 0.3) is 0 Å². The van der Waals surface area contributed by atoms with Crippen LogP contribution in [0.1, 0.15) is 6.42 Å². The summed E-state index contributed by atoms with van der Waals surface area (Å²) in [5.74, 6) is -1.21. The van der Waals surface area contributed by atoms with Crippen LogP contribution in [-0.2, 0) is 14.3 Å². The molecule has 9 heteroatoms. The van der Waals surface area contributed by atoms with Crippen LogP contribution in [0.3, 0.4) is 0 Å². The first-order valence-corrected chi connectivity index (χ1v) is 7.44. The monoisotopic (exact) mass is 337 g/mol. The smallest absolute Gasteiger partial charge is 0.306 e. The van der Waals surface area contributed by atoms with Gasteiger partial charge in [0, 0.05) is 26.2 Å². The van der Waals surface area contributed by atoms with Crippen molar-refractivity contribution in [3.05, 3.63) is 34.4 Å². The molecular weight excluding hydrogens is 318 g/mol. The van der Waals surface area contributed by atoms with Gasteiger partial charge in [-0.25, -0.2) is 0 Å². The maximum Gasteiger partial charge on any atom is 0.306 e. The Bertz CT molecular complexity index is 635. The molecule has 0 radical (unpaired) electrons. The number of nitro benzene ring substituents is 1. The highest BCUT2D eigenvalue weighted by atomic mass is 16.6. The summed E-state index contributed by atoms with van der Waals surface area (Å²) in [6.45, 7) is 0.819. The predicted molar refractivity (Wildman–Crippen MR) is 84.9 cm³/mol. The number of morpholine rings is 1. The number of aliphatic carboxylic acids is 1. The second kappa shape index (κ2) is 7.73. The van der Waals surface area contributed by atoms with Crippen LogP contribution in [0.5, 0.6) is 0 Å². The van der Waals surface area contributed by atoms with Gasteiger partial charge in [0.05, 0.1) is 30.6 Å². The van der Waals surface area contributed by atoms with Crippen LogP contribution >= 0.6 is 0 Å². The summed E-state index contributed by atoms with van der Waals surface area (Å²) in [4.78, 5) is 36.8. The molecule has 1 unspecified atom stereocenters. The van der Waals surface area contributed by atoms with Crippen molar-refractivity contribution < 1.29 is 24.4 Å². The zero-order valence-electron chi connectivity index (χ0n) is 13.3. The Morgan fingerprint density at radius 3 is 2.83 bits per heavy atom. The van der Waals surface area contributed by atoms with Crippen molar-refractivity contribution >= 4 is 23.3 Å². The molecule has 0 saturated carbocycles. The van der Waals surface area contributed by atoms with Crippen LogP contribution < -0.4 is 4.90 Å². The lowest BCUT2D eigenvalue weighted by atomic mass is 10.2. The maximum atomic E-state index is 12.4. The second-order valence-corrected chi connectivity index (χ2v) is 5.53. The number of hydrogen-bond donors (Lipinski definition) is 1. The highest BCUT2D eigenvalue weighted by Gasteiger charge is 2.27. The molecule has 9 nitrogen and oxygen atoms in total. The third-order valence-corrected chi connectivity index (χ3v) is 3.76. The van der Waals surface area contributed by atoms with Crippen molar-refractivity contribution in [2.45, 2.75) is 12.5 Å². The van der Waals surface area contributed by atoms with Crippen LogP contribution in [0.15, 0.2) is 24.3 Å². The molecule has 24 heavy (non-hydrogen) atoms. The van der Waals surface area contributed by atoms with Crippen molar-refractivity contribution in [2.24, 2.45) is 0 Å². The third kappa shape index (κ3) is 4.42. The number of para-hydroxylation sites is 2. The molecule has 1 aromatic rings. The molecule has 0 bridgehead atoms. The molecule has 0 aromatic heterocycles. The molecule has 1 atom stereocenters. The molecular formula is C15H19N3O6. The Kier molecular flexibility index (Phi) is 5.69. The fraction of sp³-hybridized carbons (Fsp3) is 0.467. The minimum atomic E-state index is -0.980. The number of carbonyl (C=O) groups is 2. The largest absolute Gasteiger partial charge is 0.481 e. The third-order valence-electron chi connectivity index (χ3n) is 3.76. The van der Waals surface area contributed by atoms with Crippen LogP contribution in [0.2, 0.25) is 0 Å². The van der Waals surface area contributed by atoms with Gasteiger partial charge >= 0.3 is 5.97 Å². The molecule has 1 aliphatic rings. The fourth-order valence-corrected chi connectivity index (χ4v) is 2.59. The lowest BCUT2D eigenvalue weighted by Crippen LogP contribution is -2.49. The van der Waals surface area contributed by atoms with E-state index in [1.54, 1.807) is 25.2 Å². The van der Waals surface area contributed by atoms with Crippen molar-refractivity contribution in [3.63, 3.8) is 0 Å². The van der Waals surface area contributed by atoms with Crippen molar-refractivity contribution in [1.29, 1.82) is 0 Å². The van der Waals surface area contributed by atoms with E-state index in [2.05, 4.69) is 0 Å². The van der Waals surface area contributed by atoms with Gasteiger partial charge in [0.15, 0.2) is 0 Å². The lowest BCUT2D eigenvalue weighted by molar-refractivity contribution is -0.384. The molecule has 1 aromatic carbocycles. The van der Waals surface area contributed by atoms with E-state index >= 15 is 0 Å². The number of nitrogens with zero attached hydrogens (tertiary/aromatic N) is 3. The standard InChI is InChI=1S/C15H19N3O6/c1-16(12-4-2-3-5-13(12)18(22)23)10-14(19)17-6-7-24-11(9-17)8-15(20)21/h2-5,11H,6-10H2,1H3,(H,20,21). The normalized spacial score (nSPS) is 17.4. The zero-order valence-corrected chi connectivity index (χ0v) is 13.3. The summed E-state index contributed by atoms with van der Waals surface area (Å²) >= 11 is 0. The van der Waals surface area contributed by atoms with E-state index < -0.39 is 17.0 Å². The number of rotatable bonds is 6. The van der Waals surface area contributed by atoms with Crippen molar-refractivity contribution in [3.8, 4) is 0 Å². The van der Waals surface area contributed by atoms with E-state index in [0.717, 1.165) is 0 Å². The van der Waals surface area contributed by atoms with Crippen LogP contribution in [0.4, 0.5) is 11.4 Å². The molecule has 1 heterocycles. The number of benzene rings is 1. The predicted octanol–water partition coefficient (Wildman–Crippen LogP) is 0.733. The highest BCUT2D eigenvalue weighted by Crippen LogP contribution is 2.26. The van der Waals surface area contributed by atoms with Gasteiger partial charge in [-0.1, -0.05) is 12.1 Å². The topological polar surface area (TPSA) is 113 Å². The molecule has 1 N–H and O–H groups in total. The minimum absolute atomic E-state index is 0.0371. The number of likely N-dealkylation sites (N-methyl/N-ethyl adjacent to an activating group) is 1. The SMILES string of the molecule is CN(CC(=O)N1CCOC(CC(=O)O)C1)c1ccccc1[N+](=O)[O-]. The number of anilines is 1. The van der Waals surface area contributed by atoms with E-state index in [1.807, 2.05) is 0 Å². The number of carboxylic acid groups (broad SMARTS) is 1. The number of ether oxygens (including phenoxy) is 1. The van der Waals surface area contributed by atoms with Gasteiger partial charge in [-0.15, -0.1) is 0 Å². The summed E-state index contributed by atoms with van der Waals surface area (Å²) in [5.41, 5.74) is 0.282.